The molecule has 1 atom stereocenters. The van der Waals surface area contributed by atoms with Gasteiger partial charge in [0.2, 0.25) is 0 Å². The second-order valence-corrected chi connectivity index (χ2v) is 9.38. The maximum absolute atomic E-state index is 12.5. The molecule has 0 bridgehead atoms. The van der Waals surface area contributed by atoms with Gasteiger partial charge in [0.05, 0.1) is 0 Å². The van der Waals surface area contributed by atoms with E-state index in [0.29, 0.717) is 23.3 Å². The highest BCUT2D eigenvalue weighted by molar-refractivity contribution is 7.91. The number of rotatable bonds is 4. The summed E-state index contributed by atoms with van der Waals surface area (Å²) >= 11 is 1.30. The van der Waals surface area contributed by atoms with Crippen LogP contribution in [0.25, 0.3) is 0 Å². The van der Waals surface area contributed by atoms with Gasteiger partial charge in [-0.2, -0.15) is 4.31 Å². The molecule has 5 nitrogen and oxygen atoms in total. The molecule has 0 unspecified atom stereocenters. The van der Waals surface area contributed by atoms with Gasteiger partial charge in [0.1, 0.15) is 4.21 Å². The van der Waals surface area contributed by atoms with Gasteiger partial charge < -0.3 is 4.90 Å². The minimum Gasteiger partial charge on any atom is -0.302 e. The van der Waals surface area contributed by atoms with Crippen LogP contribution >= 0.6 is 11.3 Å². The fourth-order valence-corrected chi connectivity index (χ4v) is 5.93. The molecule has 0 aromatic carbocycles. The smallest absolute Gasteiger partial charge is 0.252 e. The average molecular weight is 344 g/mol. The van der Waals surface area contributed by atoms with E-state index >= 15 is 0 Å². The van der Waals surface area contributed by atoms with E-state index in [1.165, 1.54) is 37.1 Å². The van der Waals surface area contributed by atoms with Crippen molar-refractivity contribution in [3.8, 4) is 0 Å². The van der Waals surface area contributed by atoms with Gasteiger partial charge in [-0.05, 0) is 37.9 Å². The van der Waals surface area contributed by atoms with E-state index in [1.54, 1.807) is 16.4 Å². The van der Waals surface area contributed by atoms with Gasteiger partial charge in [0.15, 0.2) is 0 Å². The lowest BCUT2D eigenvalue weighted by atomic mass is 10.0. The van der Waals surface area contributed by atoms with Crippen molar-refractivity contribution in [3.63, 3.8) is 0 Å². The summed E-state index contributed by atoms with van der Waals surface area (Å²) in [7, 11) is -1.06. The van der Waals surface area contributed by atoms with Crippen LogP contribution in [0.3, 0.4) is 0 Å². The van der Waals surface area contributed by atoms with Crippen LogP contribution < -0.4 is 0 Å². The summed E-state index contributed by atoms with van der Waals surface area (Å²) in [4.78, 5) is 4.88. The molecule has 2 saturated heterocycles. The molecule has 2 aliphatic heterocycles. The summed E-state index contributed by atoms with van der Waals surface area (Å²) < 4.78 is 27.1. The standard InChI is InChI=1S/C15H25N3O2S2/c1-16-7-3-2-5-14(16)13-17-8-10-18(11-9-17)22(19,20)15-6-4-12-21-15/h4,6,12,14H,2-3,5,7-11,13H2,1H3/t14-/m1/s1. The predicted octanol–water partition coefficient (Wildman–Crippen LogP) is 1.54. The van der Waals surface area contributed by atoms with Crippen molar-refractivity contribution < 1.29 is 8.42 Å². The van der Waals surface area contributed by atoms with E-state index in [1.807, 2.05) is 5.38 Å². The van der Waals surface area contributed by atoms with Crippen LogP contribution in [0.5, 0.6) is 0 Å². The average Bonchev–Trinajstić information content (AvgIpc) is 3.05. The van der Waals surface area contributed by atoms with E-state index in [2.05, 4.69) is 16.8 Å². The number of hydrogen-bond donors (Lipinski definition) is 0. The quantitative estimate of drug-likeness (QED) is 0.832. The third-order valence-electron chi connectivity index (χ3n) is 4.81. The summed E-state index contributed by atoms with van der Waals surface area (Å²) in [5.74, 6) is 0. The van der Waals surface area contributed by atoms with E-state index in [4.69, 9.17) is 0 Å². The van der Waals surface area contributed by atoms with Crippen molar-refractivity contribution in [3.05, 3.63) is 17.5 Å². The van der Waals surface area contributed by atoms with Gasteiger partial charge in [-0.1, -0.05) is 12.5 Å². The van der Waals surface area contributed by atoms with E-state index < -0.39 is 10.0 Å². The molecule has 124 valence electrons. The summed E-state index contributed by atoms with van der Waals surface area (Å²) in [6.07, 6.45) is 3.89. The first-order chi connectivity index (χ1) is 10.6. The number of piperazine rings is 1. The molecule has 1 aromatic heterocycles. The SMILES string of the molecule is CN1CCCC[C@@H]1CN1CCN(S(=O)(=O)c2cccs2)CC1. The Kier molecular flexibility index (Phi) is 5.19. The Morgan fingerprint density at radius 3 is 2.59 bits per heavy atom. The van der Waals surface area contributed by atoms with Crippen LogP contribution in [-0.2, 0) is 10.0 Å². The van der Waals surface area contributed by atoms with Gasteiger partial charge in [-0.15, -0.1) is 11.3 Å². The van der Waals surface area contributed by atoms with Gasteiger partial charge >= 0.3 is 0 Å². The van der Waals surface area contributed by atoms with Crippen molar-refractivity contribution >= 4 is 21.4 Å². The molecule has 0 aliphatic carbocycles. The van der Waals surface area contributed by atoms with Crippen LogP contribution in [-0.4, -0.2) is 74.9 Å². The minimum absolute atomic E-state index is 0.466. The van der Waals surface area contributed by atoms with E-state index in [9.17, 15) is 8.42 Å². The topological polar surface area (TPSA) is 43.9 Å². The Labute approximate surface area is 137 Å². The molecule has 2 fully saturated rings. The third-order valence-corrected chi connectivity index (χ3v) is 8.08. The van der Waals surface area contributed by atoms with Gasteiger partial charge in [0.25, 0.3) is 10.0 Å². The Hall–Kier alpha value is -0.470. The van der Waals surface area contributed by atoms with E-state index in [-0.39, 0.29) is 0 Å². The van der Waals surface area contributed by atoms with Crippen molar-refractivity contribution in [2.45, 2.75) is 29.5 Å². The Balaban J connectivity index is 1.54. The van der Waals surface area contributed by atoms with Gasteiger partial charge in [-0.25, -0.2) is 8.42 Å². The van der Waals surface area contributed by atoms with Crippen LogP contribution in [0.15, 0.2) is 21.7 Å². The highest BCUT2D eigenvalue weighted by Gasteiger charge is 2.30. The lowest BCUT2D eigenvalue weighted by Crippen LogP contribution is -2.52. The zero-order valence-corrected chi connectivity index (χ0v) is 14.8. The minimum atomic E-state index is -3.27. The lowest BCUT2D eigenvalue weighted by Gasteiger charge is -2.39. The monoisotopic (exact) mass is 343 g/mol. The highest BCUT2D eigenvalue weighted by atomic mass is 32.2. The summed E-state index contributed by atoms with van der Waals surface area (Å²) in [6, 6.07) is 4.13. The molecule has 22 heavy (non-hydrogen) atoms. The molecule has 0 amide bonds. The van der Waals surface area contributed by atoms with E-state index in [0.717, 1.165) is 19.6 Å². The Morgan fingerprint density at radius 2 is 1.95 bits per heavy atom. The number of thiophene rings is 1. The third kappa shape index (κ3) is 3.54. The molecule has 3 heterocycles. The molecule has 7 heteroatoms. The van der Waals surface area contributed by atoms with Crippen molar-refractivity contribution in [1.82, 2.24) is 14.1 Å². The number of piperidine rings is 1. The molecule has 3 rings (SSSR count). The fourth-order valence-electron chi connectivity index (χ4n) is 3.36. The lowest BCUT2D eigenvalue weighted by molar-refractivity contribution is 0.106. The summed E-state index contributed by atoms with van der Waals surface area (Å²) in [5.41, 5.74) is 0. The predicted molar refractivity (Wildman–Crippen MR) is 89.8 cm³/mol. The van der Waals surface area contributed by atoms with Crippen molar-refractivity contribution in [1.29, 1.82) is 0 Å². The van der Waals surface area contributed by atoms with Crippen molar-refractivity contribution in [2.75, 3.05) is 46.3 Å². The zero-order chi connectivity index (χ0) is 15.6. The fraction of sp³-hybridized carbons (Fsp3) is 0.733. The normalized spacial score (nSPS) is 26.3. The maximum Gasteiger partial charge on any atom is 0.252 e. The molecular weight excluding hydrogens is 318 g/mol. The van der Waals surface area contributed by atoms with Crippen LogP contribution in [0.1, 0.15) is 19.3 Å². The maximum atomic E-state index is 12.5. The van der Waals surface area contributed by atoms with Crippen molar-refractivity contribution in [2.24, 2.45) is 0 Å². The summed E-state index contributed by atoms with van der Waals surface area (Å²) in [5, 5.41) is 1.82. The largest absolute Gasteiger partial charge is 0.302 e. The Bertz CT molecular complexity index is 566. The molecule has 0 N–H and O–H groups in total. The number of hydrogen-bond acceptors (Lipinski definition) is 5. The second-order valence-electron chi connectivity index (χ2n) is 6.27. The van der Waals surface area contributed by atoms with Gasteiger partial charge in [0, 0.05) is 38.8 Å². The first-order valence-corrected chi connectivity index (χ1v) is 10.4. The Morgan fingerprint density at radius 1 is 1.18 bits per heavy atom. The first kappa shape index (κ1) is 16.4. The number of likely N-dealkylation sites (tertiary alicyclic amines) is 1. The molecule has 1 aromatic rings. The molecule has 2 aliphatic rings. The van der Waals surface area contributed by atoms with Gasteiger partial charge in [-0.3, -0.25) is 4.90 Å². The van der Waals surface area contributed by atoms with Crippen LogP contribution in [0, 0.1) is 0 Å². The first-order valence-electron chi connectivity index (χ1n) is 8.03. The molecule has 0 radical (unpaired) electrons. The number of nitrogens with zero attached hydrogens (tertiary/aromatic N) is 3. The second kappa shape index (κ2) is 6.97. The molecule has 0 spiro atoms. The van der Waals surface area contributed by atoms with Crippen LogP contribution in [0.4, 0.5) is 0 Å². The number of sulfonamides is 1. The molecular formula is C15H25N3O2S2. The molecule has 0 saturated carbocycles. The van der Waals surface area contributed by atoms with Crippen LogP contribution in [0.2, 0.25) is 0 Å². The highest BCUT2D eigenvalue weighted by Crippen LogP contribution is 2.23. The summed E-state index contributed by atoms with van der Waals surface area (Å²) in [6.45, 7) is 5.16. The zero-order valence-electron chi connectivity index (χ0n) is 13.1. The number of likely N-dealkylation sites (N-methyl/N-ethyl adjacent to an activating group) is 1.